The molecule has 0 radical (unpaired) electrons. The summed E-state index contributed by atoms with van der Waals surface area (Å²) in [5.41, 5.74) is 0.630. The summed E-state index contributed by atoms with van der Waals surface area (Å²) in [5, 5.41) is 2.57. The molecule has 0 aliphatic heterocycles. The number of rotatable bonds is 7. The summed E-state index contributed by atoms with van der Waals surface area (Å²) >= 11 is 0. The van der Waals surface area contributed by atoms with Crippen molar-refractivity contribution in [2.75, 3.05) is 26.7 Å². The molecule has 0 bridgehead atoms. The van der Waals surface area contributed by atoms with Gasteiger partial charge in [0.05, 0.1) is 6.54 Å². The third-order valence-electron chi connectivity index (χ3n) is 3.15. The van der Waals surface area contributed by atoms with Gasteiger partial charge in [-0.25, -0.2) is 4.79 Å². The molecule has 0 saturated heterocycles. The van der Waals surface area contributed by atoms with Gasteiger partial charge in [0.15, 0.2) is 0 Å². The normalized spacial score (nSPS) is 10.9. The van der Waals surface area contributed by atoms with Crippen molar-refractivity contribution in [2.45, 2.75) is 39.7 Å². The van der Waals surface area contributed by atoms with Crippen LogP contribution in [0.3, 0.4) is 0 Å². The lowest BCUT2D eigenvalue weighted by Gasteiger charge is -2.20. The van der Waals surface area contributed by atoms with E-state index < -0.39 is 11.7 Å². The maximum absolute atomic E-state index is 12.0. The van der Waals surface area contributed by atoms with Gasteiger partial charge in [0.25, 0.3) is 0 Å². The number of nitrogens with one attached hydrogen (secondary N) is 1. The molecule has 24 heavy (non-hydrogen) atoms. The third kappa shape index (κ3) is 8.41. The number of benzene rings is 1. The summed E-state index contributed by atoms with van der Waals surface area (Å²) in [4.78, 5) is 25.0. The monoisotopic (exact) mass is 336 g/mol. The molecule has 1 rings (SSSR count). The van der Waals surface area contributed by atoms with Gasteiger partial charge in [-0.1, -0.05) is 17.7 Å². The Kier molecular flexibility index (Phi) is 7.55. The van der Waals surface area contributed by atoms with Crippen LogP contribution in [0.25, 0.3) is 0 Å². The topological polar surface area (TPSA) is 67.9 Å². The van der Waals surface area contributed by atoms with Crippen LogP contribution in [0.1, 0.15) is 32.8 Å². The summed E-state index contributed by atoms with van der Waals surface area (Å²) in [7, 11) is 1.72. The number of amides is 2. The van der Waals surface area contributed by atoms with Gasteiger partial charge in [-0.05, 0) is 39.8 Å². The quantitative estimate of drug-likeness (QED) is 0.831. The van der Waals surface area contributed by atoms with Crippen molar-refractivity contribution in [1.29, 1.82) is 0 Å². The van der Waals surface area contributed by atoms with E-state index in [0.29, 0.717) is 13.2 Å². The number of hydrogen-bond donors (Lipinski definition) is 1. The summed E-state index contributed by atoms with van der Waals surface area (Å²) < 4.78 is 10.7. The number of aryl methyl sites for hydroxylation is 1. The van der Waals surface area contributed by atoms with Crippen molar-refractivity contribution in [3.05, 3.63) is 29.8 Å². The Labute approximate surface area is 144 Å². The van der Waals surface area contributed by atoms with Crippen LogP contribution in [0, 0.1) is 6.92 Å². The Balaban J connectivity index is 2.20. The minimum absolute atomic E-state index is 0.0569. The number of likely N-dealkylation sites (N-methyl/N-ethyl adjacent to an activating group) is 1. The highest BCUT2D eigenvalue weighted by Gasteiger charge is 2.16. The molecule has 0 spiro atoms. The first-order valence-electron chi connectivity index (χ1n) is 8.07. The fraction of sp³-hybridized carbons (Fsp3) is 0.556. The zero-order valence-corrected chi connectivity index (χ0v) is 15.2. The van der Waals surface area contributed by atoms with Crippen molar-refractivity contribution >= 4 is 12.0 Å². The van der Waals surface area contributed by atoms with E-state index in [-0.39, 0.29) is 18.9 Å². The Bertz CT molecular complexity index is 535. The van der Waals surface area contributed by atoms with Gasteiger partial charge in [-0.3, -0.25) is 4.79 Å². The molecule has 0 aliphatic carbocycles. The first-order valence-corrected chi connectivity index (χ1v) is 8.07. The number of alkyl carbamates (subject to hydrolysis) is 1. The highest BCUT2D eigenvalue weighted by Crippen LogP contribution is 2.11. The second-order valence-corrected chi connectivity index (χ2v) is 6.66. The largest absolute Gasteiger partial charge is 0.492 e. The van der Waals surface area contributed by atoms with Gasteiger partial charge in [-0.15, -0.1) is 0 Å². The second kappa shape index (κ2) is 9.15. The van der Waals surface area contributed by atoms with Crippen LogP contribution < -0.4 is 10.1 Å². The van der Waals surface area contributed by atoms with E-state index in [1.54, 1.807) is 32.7 Å². The molecule has 0 aliphatic rings. The average Bonchev–Trinajstić information content (AvgIpc) is 2.47. The average molecular weight is 336 g/mol. The number of ether oxygens (including phenoxy) is 2. The molecule has 2 amide bonds. The Morgan fingerprint density at radius 3 is 2.38 bits per heavy atom. The third-order valence-corrected chi connectivity index (χ3v) is 3.15. The van der Waals surface area contributed by atoms with Crippen molar-refractivity contribution < 1.29 is 19.1 Å². The van der Waals surface area contributed by atoms with Crippen LogP contribution in [-0.2, 0) is 9.53 Å². The van der Waals surface area contributed by atoms with E-state index in [1.165, 1.54) is 5.56 Å². The van der Waals surface area contributed by atoms with E-state index in [4.69, 9.17) is 9.47 Å². The molecule has 0 unspecified atom stereocenters. The van der Waals surface area contributed by atoms with E-state index in [0.717, 1.165) is 5.75 Å². The fourth-order valence-electron chi connectivity index (χ4n) is 1.84. The van der Waals surface area contributed by atoms with Gasteiger partial charge < -0.3 is 19.7 Å². The lowest BCUT2D eigenvalue weighted by Crippen LogP contribution is -2.36. The number of hydrogen-bond acceptors (Lipinski definition) is 4. The van der Waals surface area contributed by atoms with Crippen LogP contribution >= 0.6 is 0 Å². The van der Waals surface area contributed by atoms with Gasteiger partial charge in [0.2, 0.25) is 5.91 Å². The predicted molar refractivity (Wildman–Crippen MR) is 93.2 cm³/mol. The minimum atomic E-state index is -0.543. The predicted octanol–water partition coefficient (Wildman–Crippen LogP) is 2.75. The molecule has 0 atom stereocenters. The molecule has 1 aromatic rings. The SMILES string of the molecule is Cc1ccc(OCCN(C)C(=O)CCNC(=O)OC(C)(C)C)cc1. The molecular formula is C18H28N2O4. The molecule has 1 N–H and O–H groups in total. The summed E-state index contributed by atoms with van der Waals surface area (Å²) in [6.45, 7) is 8.54. The summed E-state index contributed by atoms with van der Waals surface area (Å²) in [6.07, 6.45) is -0.291. The van der Waals surface area contributed by atoms with E-state index in [9.17, 15) is 9.59 Å². The molecule has 1 aromatic carbocycles. The molecule has 6 heteroatoms. The van der Waals surface area contributed by atoms with Crippen molar-refractivity contribution in [1.82, 2.24) is 10.2 Å². The van der Waals surface area contributed by atoms with Gasteiger partial charge in [0.1, 0.15) is 18.0 Å². The van der Waals surface area contributed by atoms with Crippen molar-refractivity contribution in [3.8, 4) is 5.75 Å². The maximum atomic E-state index is 12.0. The summed E-state index contributed by atoms with van der Waals surface area (Å²) in [6, 6.07) is 7.77. The molecule has 0 fully saturated rings. The maximum Gasteiger partial charge on any atom is 0.407 e. The van der Waals surface area contributed by atoms with Crippen LogP contribution in [-0.4, -0.2) is 49.2 Å². The Morgan fingerprint density at radius 2 is 1.79 bits per heavy atom. The summed E-state index contributed by atoms with van der Waals surface area (Å²) in [5.74, 6) is 0.728. The first kappa shape index (κ1) is 19.8. The number of nitrogens with zero attached hydrogens (tertiary/aromatic N) is 1. The first-order chi connectivity index (χ1) is 11.2. The van der Waals surface area contributed by atoms with Gasteiger partial charge >= 0.3 is 6.09 Å². The fourth-order valence-corrected chi connectivity index (χ4v) is 1.84. The van der Waals surface area contributed by atoms with E-state index in [2.05, 4.69) is 5.32 Å². The van der Waals surface area contributed by atoms with E-state index >= 15 is 0 Å². The van der Waals surface area contributed by atoms with Crippen molar-refractivity contribution in [2.24, 2.45) is 0 Å². The lowest BCUT2D eigenvalue weighted by molar-refractivity contribution is -0.130. The Hall–Kier alpha value is -2.24. The molecule has 0 saturated carbocycles. The van der Waals surface area contributed by atoms with Crippen LogP contribution in [0.4, 0.5) is 4.79 Å². The van der Waals surface area contributed by atoms with Crippen LogP contribution in [0.5, 0.6) is 5.75 Å². The molecule has 134 valence electrons. The van der Waals surface area contributed by atoms with Crippen molar-refractivity contribution in [3.63, 3.8) is 0 Å². The molecule has 6 nitrogen and oxygen atoms in total. The molecular weight excluding hydrogens is 308 g/mol. The van der Waals surface area contributed by atoms with Crippen LogP contribution in [0.2, 0.25) is 0 Å². The zero-order chi connectivity index (χ0) is 18.2. The highest BCUT2D eigenvalue weighted by molar-refractivity contribution is 5.77. The molecule has 0 aromatic heterocycles. The number of carbonyl (C=O) groups excluding carboxylic acids is 2. The standard InChI is InChI=1S/C18H28N2O4/c1-14-6-8-15(9-7-14)23-13-12-20(5)16(21)10-11-19-17(22)24-18(2,3)4/h6-9H,10-13H2,1-5H3,(H,19,22). The highest BCUT2D eigenvalue weighted by atomic mass is 16.6. The molecule has 0 heterocycles. The van der Waals surface area contributed by atoms with Crippen LogP contribution in [0.15, 0.2) is 24.3 Å². The minimum Gasteiger partial charge on any atom is -0.492 e. The Morgan fingerprint density at radius 1 is 1.17 bits per heavy atom. The van der Waals surface area contributed by atoms with E-state index in [1.807, 2.05) is 31.2 Å². The van der Waals surface area contributed by atoms with Gasteiger partial charge in [0, 0.05) is 20.0 Å². The number of carbonyl (C=O) groups is 2. The second-order valence-electron chi connectivity index (χ2n) is 6.66. The van der Waals surface area contributed by atoms with Gasteiger partial charge in [-0.2, -0.15) is 0 Å². The smallest absolute Gasteiger partial charge is 0.407 e. The zero-order valence-electron chi connectivity index (χ0n) is 15.2. The lowest BCUT2D eigenvalue weighted by atomic mass is 10.2.